The molecule has 25 heavy (non-hydrogen) atoms. The Morgan fingerprint density at radius 2 is 2.04 bits per heavy atom. The van der Waals surface area contributed by atoms with E-state index in [0.717, 1.165) is 10.0 Å². The Labute approximate surface area is 152 Å². The fourth-order valence-electron chi connectivity index (χ4n) is 1.96. The number of non-ortho nitro benzene ring substituents is 1. The van der Waals surface area contributed by atoms with E-state index in [1.54, 1.807) is 6.07 Å². The van der Waals surface area contributed by atoms with Crippen LogP contribution in [0, 0.1) is 21.4 Å². The Kier molecular flexibility index (Phi) is 6.26. The van der Waals surface area contributed by atoms with E-state index in [1.165, 1.54) is 30.5 Å². The van der Waals surface area contributed by atoms with Gasteiger partial charge in [0.2, 0.25) is 0 Å². The van der Waals surface area contributed by atoms with Gasteiger partial charge < -0.3 is 10.6 Å². The van der Waals surface area contributed by atoms with Crippen molar-refractivity contribution in [2.45, 2.75) is 6.54 Å². The smallest absolute Gasteiger partial charge is 0.271 e. The van der Waals surface area contributed by atoms with E-state index in [2.05, 4.69) is 26.6 Å². The Balaban J connectivity index is 2.02. The van der Waals surface area contributed by atoms with Gasteiger partial charge in [0, 0.05) is 35.0 Å². The van der Waals surface area contributed by atoms with Crippen molar-refractivity contribution in [3.63, 3.8) is 0 Å². The summed E-state index contributed by atoms with van der Waals surface area (Å²) in [6.45, 7) is 0.439. The normalized spacial score (nSPS) is 10.6. The summed E-state index contributed by atoms with van der Waals surface area (Å²) in [6, 6.07) is 14.9. The van der Waals surface area contributed by atoms with Gasteiger partial charge in [0.1, 0.15) is 11.6 Å². The number of nitrogens with zero attached hydrogens (tertiary/aromatic N) is 2. The number of carbonyl (C=O) groups is 1. The van der Waals surface area contributed by atoms with E-state index < -0.39 is 10.8 Å². The summed E-state index contributed by atoms with van der Waals surface area (Å²) >= 11 is 3.37. The van der Waals surface area contributed by atoms with Crippen molar-refractivity contribution in [2.24, 2.45) is 0 Å². The highest BCUT2D eigenvalue weighted by Gasteiger charge is 2.11. The molecule has 0 heterocycles. The first kappa shape index (κ1) is 18.2. The molecule has 2 rings (SSSR count). The van der Waals surface area contributed by atoms with Gasteiger partial charge in [-0.15, -0.1) is 0 Å². The summed E-state index contributed by atoms with van der Waals surface area (Å²) < 4.78 is 0.930. The molecule has 126 valence electrons. The summed E-state index contributed by atoms with van der Waals surface area (Å²) in [5.41, 5.74) is 0.934. The SMILES string of the molecule is N#C/C(=C/NCc1cccc(Br)c1)C(=O)Nc1cccc([N+](=O)[O-])c1. The first-order valence-electron chi connectivity index (χ1n) is 7.13. The van der Waals surface area contributed by atoms with Crippen LogP contribution < -0.4 is 10.6 Å². The number of anilines is 1. The summed E-state index contributed by atoms with van der Waals surface area (Å²) in [7, 11) is 0. The molecule has 8 heteroatoms. The maximum Gasteiger partial charge on any atom is 0.271 e. The molecule has 2 aromatic carbocycles. The predicted molar refractivity (Wildman–Crippen MR) is 96.4 cm³/mol. The zero-order valence-corrected chi connectivity index (χ0v) is 14.5. The number of halogens is 1. The predicted octanol–water partition coefficient (Wildman–Crippen LogP) is 3.49. The largest absolute Gasteiger partial charge is 0.386 e. The number of hydrogen-bond donors (Lipinski definition) is 2. The molecular formula is C17H13BrN4O3. The summed E-state index contributed by atoms with van der Waals surface area (Å²) in [4.78, 5) is 22.3. The topological polar surface area (TPSA) is 108 Å². The van der Waals surface area contributed by atoms with E-state index in [1.807, 2.05) is 24.3 Å². The molecule has 0 saturated carbocycles. The molecule has 0 atom stereocenters. The Bertz CT molecular complexity index is 874. The quantitative estimate of drug-likeness (QED) is 0.333. The van der Waals surface area contributed by atoms with Gasteiger partial charge in [0.25, 0.3) is 11.6 Å². The van der Waals surface area contributed by atoms with Crippen LogP contribution in [0.1, 0.15) is 5.56 Å². The third kappa shape index (κ3) is 5.44. The zero-order chi connectivity index (χ0) is 18.2. The highest BCUT2D eigenvalue weighted by molar-refractivity contribution is 9.10. The Morgan fingerprint density at radius 1 is 1.28 bits per heavy atom. The maximum absolute atomic E-state index is 12.1. The minimum Gasteiger partial charge on any atom is -0.386 e. The van der Waals surface area contributed by atoms with Crippen LogP contribution >= 0.6 is 15.9 Å². The fraction of sp³-hybridized carbons (Fsp3) is 0.0588. The standard InChI is InChI=1S/C17H13BrN4O3/c18-14-4-1-3-12(7-14)10-20-11-13(9-19)17(23)21-15-5-2-6-16(8-15)22(24)25/h1-8,11,20H,10H2,(H,21,23)/b13-11-. The number of nitrogens with one attached hydrogen (secondary N) is 2. The number of rotatable bonds is 6. The number of carbonyl (C=O) groups excluding carboxylic acids is 1. The van der Waals surface area contributed by atoms with Crippen molar-refractivity contribution in [2.75, 3.05) is 5.32 Å². The van der Waals surface area contributed by atoms with Crippen molar-refractivity contribution in [3.8, 4) is 6.07 Å². The van der Waals surface area contributed by atoms with Crippen molar-refractivity contribution < 1.29 is 9.72 Å². The lowest BCUT2D eigenvalue weighted by molar-refractivity contribution is -0.384. The van der Waals surface area contributed by atoms with Gasteiger partial charge in [-0.25, -0.2) is 0 Å². The average molecular weight is 401 g/mol. The second kappa shape index (κ2) is 8.61. The molecule has 0 fully saturated rings. The minimum atomic E-state index is -0.648. The van der Waals surface area contributed by atoms with Crippen LogP contribution in [-0.4, -0.2) is 10.8 Å². The molecule has 0 aliphatic carbocycles. The number of hydrogen-bond acceptors (Lipinski definition) is 5. The van der Waals surface area contributed by atoms with Gasteiger partial charge in [0.05, 0.1) is 4.92 Å². The minimum absolute atomic E-state index is 0.137. The molecule has 2 N–H and O–H groups in total. The van der Waals surface area contributed by atoms with Crippen LogP contribution in [0.3, 0.4) is 0 Å². The van der Waals surface area contributed by atoms with Gasteiger partial charge in [-0.05, 0) is 23.8 Å². The van der Waals surface area contributed by atoms with Gasteiger partial charge >= 0.3 is 0 Å². The van der Waals surface area contributed by atoms with E-state index in [4.69, 9.17) is 5.26 Å². The van der Waals surface area contributed by atoms with Crippen molar-refractivity contribution in [1.82, 2.24) is 5.32 Å². The van der Waals surface area contributed by atoms with Gasteiger partial charge in [-0.2, -0.15) is 5.26 Å². The Morgan fingerprint density at radius 3 is 2.72 bits per heavy atom. The molecule has 0 unspecified atom stereocenters. The second-order valence-electron chi connectivity index (χ2n) is 4.94. The van der Waals surface area contributed by atoms with Crippen LogP contribution in [0.5, 0.6) is 0 Å². The maximum atomic E-state index is 12.1. The van der Waals surface area contributed by atoms with Crippen molar-refractivity contribution in [3.05, 3.63) is 80.5 Å². The molecule has 0 spiro atoms. The molecule has 1 amide bonds. The average Bonchev–Trinajstić information content (AvgIpc) is 2.59. The lowest BCUT2D eigenvalue weighted by atomic mass is 10.2. The van der Waals surface area contributed by atoms with E-state index in [-0.39, 0.29) is 16.9 Å². The molecule has 0 saturated heterocycles. The molecule has 0 aliphatic heterocycles. The lowest BCUT2D eigenvalue weighted by Crippen LogP contribution is -2.16. The number of amides is 1. The highest BCUT2D eigenvalue weighted by Crippen LogP contribution is 2.17. The van der Waals surface area contributed by atoms with Gasteiger partial charge in [-0.1, -0.05) is 34.1 Å². The first-order valence-corrected chi connectivity index (χ1v) is 7.93. The molecule has 0 bridgehead atoms. The second-order valence-corrected chi connectivity index (χ2v) is 5.86. The zero-order valence-electron chi connectivity index (χ0n) is 12.9. The highest BCUT2D eigenvalue weighted by atomic mass is 79.9. The van der Waals surface area contributed by atoms with Gasteiger partial charge in [0.15, 0.2) is 0 Å². The van der Waals surface area contributed by atoms with Crippen LogP contribution in [-0.2, 0) is 11.3 Å². The molecule has 7 nitrogen and oxygen atoms in total. The molecule has 0 aliphatic rings. The summed E-state index contributed by atoms with van der Waals surface area (Å²) in [6.07, 6.45) is 1.31. The van der Waals surface area contributed by atoms with E-state index >= 15 is 0 Å². The van der Waals surface area contributed by atoms with E-state index in [0.29, 0.717) is 6.54 Å². The van der Waals surface area contributed by atoms with Gasteiger partial charge in [-0.3, -0.25) is 14.9 Å². The van der Waals surface area contributed by atoms with Crippen LogP contribution in [0.2, 0.25) is 0 Å². The van der Waals surface area contributed by atoms with Crippen LogP contribution in [0.25, 0.3) is 0 Å². The molecule has 2 aromatic rings. The number of nitriles is 1. The fourth-order valence-corrected chi connectivity index (χ4v) is 2.41. The lowest BCUT2D eigenvalue weighted by Gasteiger charge is -2.05. The number of benzene rings is 2. The monoisotopic (exact) mass is 400 g/mol. The molecule has 0 aromatic heterocycles. The molecule has 0 radical (unpaired) electrons. The Hall–Kier alpha value is -3.18. The summed E-state index contributed by atoms with van der Waals surface area (Å²) in [5.74, 6) is -0.648. The van der Waals surface area contributed by atoms with Crippen molar-refractivity contribution >= 4 is 33.2 Å². The summed E-state index contributed by atoms with van der Waals surface area (Å²) in [5, 5.41) is 25.2. The van der Waals surface area contributed by atoms with E-state index in [9.17, 15) is 14.9 Å². The van der Waals surface area contributed by atoms with Crippen molar-refractivity contribution in [1.29, 1.82) is 5.26 Å². The first-order chi connectivity index (χ1) is 12.0. The number of nitro groups is 1. The third-order valence-corrected chi connectivity index (χ3v) is 3.61. The third-order valence-electron chi connectivity index (χ3n) is 3.12. The number of nitro benzene ring substituents is 1. The molecular weight excluding hydrogens is 388 g/mol. The van der Waals surface area contributed by atoms with Crippen LogP contribution in [0.4, 0.5) is 11.4 Å². The van der Waals surface area contributed by atoms with Crippen LogP contribution in [0.15, 0.2) is 64.8 Å².